The van der Waals surface area contributed by atoms with Gasteiger partial charge in [-0.3, -0.25) is 4.79 Å². The second kappa shape index (κ2) is 5.60. The van der Waals surface area contributed by atoms with Gasteiger partial charge in [0.2, 0.25) is 0 Å². The molecule has 0 saturated carbocycles. The van der Waals surface area contributed by atoms with E-state index in [9.17, 15) is 9.18 Å². The van der Waals surface area contributed by atoms with Gasteiger partial charge < -0.3 is 4.74 Å². The van der Waals surface area contributed by atoms with Gasteiger partial charge in [0.1, 0.15) is 11.6 Å². The summed E-state index contributed by atoms with van der Waals surface area (Å²) >= 11 is 3.12. The molecule has 108 valence electrons. The van der Waals surface area contributed by atoms with Crippen LogP contribution in [0.3, 0.4) is 0 Å². The molecule has 0 atom stereocenters. The molecule has 4 heteroatoms. The summed E-state index contributed by atoms with van der Waals surface area (Å²) < 4.78 is 18.9. The Bertz CT molecular complexity index is 725. The highest BCUT2D eigenvalue weighted by molar-refractivity contribution is 9.10. The average Bonchev–Trinajstić information content (AvgIpc) is 2.96. The molecule has 0 radical (unpaired) electrons. The highest BCUT2D eigenvalue weighted by atomic mass is 79.9. The molecule has 0 aromatic heterocycles. The summed E-state index contributed by atoms with van der Waals surface area (Å²) in [6, 6.07) is 8.50. The van der Waals surface area contributed by atoms with E-state index in [1.165, 1.54) is 30.4 Å². The van der Waals surface area contributed by atoms with Crippen molar-refractivity contribution in [2.45, 2.75) is 19.3 Å². The van der Waals surface area contributed by atoms with Crippen molar-refractivity contribution in [3.8, 4) is 5.75 Å². The van der Waals surface area contributed by atoms with E-state index < -0.39 is 5.82 Å². The van der Waals surface area contributed by atoms with Crippen LogP contribution >= 0.6 is 15.9 Å². The second-order valence-corrected chi connectivity index (χ2v) is 5.99. The molecule has 0 bridgehead atoms. The van der Waals surface area contributed by atoms with E-state index in [0.29, 0.717) is 11.1 Å². The van der Waals surface area contributed by atoms with Crippen molar-refractivity contribution in [3.05, 3.63) is 62.9 Å². The van der Waals surface area contributed by atoms with E-state index in [2.05, 4.69) is 15.9 Å². The van der Waals surface area contributed by atoms with Crippen molar-refractivity contribution in [2.75, 3.05) is 7.11 Å². The third kappa shape index (κ3) is 2.60. The van der Waals surface area contributed by atoms with Gasteiger partial charge in [0.15, 0.2) is 5.78 Å². The maximum Gasteiger partial charge on any atom is 0.196 e. The minimum atomic E-state index is -0.447. The summed E-state index contributed by atoms with van der Waals surface area (Å²) in [4.78, 5) is 12.7. The standard InChI is InChI=1S/C17H14BrFO2/c1-21-16-9-15(19)14(18)8-13(16)17(20)12-6-5-10-3-2-4-11(10)7-12/h5-9H,2-4H2,1H3. The number of methoxy groups -OCH3 is 1. The van der Waals surface area contributed by atoms with E-state index in [1.807, 2.05) is 18.2 Å². The van der Waals surface area contributed by atoms with E-state index in [4.69, 9.17) is 4.74 Å². The highest BCUT2D eigenvalue weighted by Crippen LogP contribution is 2.30. The molecule has 1 aliphatic rings. The number of hydrogen-bond acceptors (Lipinski definition) is 2. The summed E-state index contributed by atoms with van der Waals surface area (Å²) in [7, 11) is 1.43. The van der Waals surface area contributed by atoms with Crippen molar-refractivity contribution in [2.24, 2.45) is 0 Å². The van der Waals surface area contributed by atoms with Crippen LogP contribution < -0.4 is 4.74 Å². The van der Waals surface area contributed by atoms with Crippen LogP contribution in [0.1, 0.15) is 33.5 Å². The number of benzene rings is 2. The van der Waals surface area contributed by atoms with E-state index in [1.54, 1.807) is 0 Å². The van der Waals surface area contributed by atoms with Crippen molar-refractivity contribution < 1.29 is 13.9 Å². The van der Waals surface area contributed by atoms with Crippen LogP contribution in [-0.4, -0.2) is 12.9 Å². The molecule has 21 heavy (non-hydrogen) atoms. The monoisotopic (exact) mass is 348 g/mol. The third-order valence-electron chi connectivity index (χ3n) is 3.85. The van der Waals surface area contributed by atoms with Gasteiger partial charge in [-0.2, -0.15) is 0 Å². The Balaban J connectivity index is 2.04. The quantitative estimate of drug-likeness (QED) is 0.772. The van der Waals surface area contributed by atoms with Gasteiger partial charge in [-0.1, -0.05) is 12.1 Å². The van der Waals surface area contributed by atoms with Crippen molar-refractivity contribution in [1.29, 1.82) is 0 Å². The largest absolute Gasteiger partial charge is 0.496 e. The Labute approximate surface area is 131 Å². The molecule has 0 saturated heterocycles. The summed E-state index contributed by atoms with van der Waals surface area (Å²) in [6.07, 6.45) is 3.23. The molecular weight excluding hydrogens is 335 g/mol. The molecule has 3 rings (SSSR count). The lowest BCUT2D eigenvalue weighted by Gasteiger charge is -2.10. The number of carbonyl (C=O) groups is 1. The Morgan fingerprint density at radius 3 is 2.71 bits per heavy atom. The zero-order chi connectivity index (χ0) is 15.0. The van der Waals surface area contributed by atoms with Crippen LogP contribution in [0.25, 0.3) is 0 Å². The Morgan fingerprint density at radius 1 is 1.19 bits per heavy atom. The molecule has 2 nitrogen and oxygen atoms in total. The Morgan fingerprint density at radius 2 is 1.95 bits per heavy atom. The average molecular weight is 349 g/mol. The topological polar surface area (TPSA) is 26.3 Å². The van der Waals surface area contributed by atoms with Crippen LogP contribution in [0, 0.1) is 5.82 Å². The first-order valence-electron chi connectivity index (χ1n) is 6.79. The maximum absolute atomic E-state index is 13.6. The first-order valence-corrected chi connectivity index (χ1v) is 7.59. The van der Waals surface area contributed by atoms with Crippen molar-refractivity contribution in [3.63, 3.8) is 0 Å². The fraction of sp³-hybridized carbons (Fsp3) is 0.235. The van der Waals surface area contributed by atoms with Crippen LogP contribution in [0.15, 0.2) is 34.8 Å². The summed E-state index contributed by atoms with van der Waals surface area (Å²) in [5.41, 5.74) is 3.54. The Hall–Kier alpha value is -1.68. The number of ether oxygens (including phenoxy) is 1. The zero-order valence-corrected chi connectivity index (χ0v) is 13.2. The van der Waals surface area contributed by atoms with Gasteiger partial charge in [0.25, 0.3) is 0 Å². The van der Waals surface area contributed by atoms with Gasteiger partial charge in [-0.15, -0.1) is 0 Å². The zero-order valence-electron chi connectivity index (χ0n) is 11.6. The molecule has 0 unspecified atom stereocenters. The number of hydrogen-bond donors (Lipinski definition) is 0. The van der Waals surface area contributed by atoms with Gasteiger partial charge in [0.05, 0.1) is 17.1 Å². The Kier molecular flexibility index (Phi) is 3.81. The summed E-state index contributed by atoms with van der Waals surface area (Å²) in [5.74, 6) is -0.346. The molecule has 2 aromatic carbocycles. The van der Waals surface area contributed by atoms with Crippen LogP contribution in [0.5, 0.6) is 5.75 Å². The fourth-order valence-corrected chi connectivity index (χ4v) is 3.09. The summed E-state index contributed by atoms with van der Waals surface area (Å²) in [5, 5.41) is 0. The predicted molar refractivity (Wildman–Crippen MR) is 82.6 cm³/mol. The minimum Gasteiger partial charge on any atom is -0.496 e. The maximum atomic E-state index is 13.6. The van der Waals surface area contributed by atoms with Crippen LogP contribution in [-0.2, 0) is 12.8 Å². The second-order valence-electron chi connectivity index (χ2n) is 5.13. The van der Waals surface area contributed by atoms with E-state index >= 15 is 0 Å². The van der Waals surface area contributed by atoms with Crippen molar-refractivity contribution >= 4 is 21.7 Å². The lowest BCUT2D eigenvalue weighted by atomic mass is 9.98. The number of halogens is 2. The first kappa shape index (κ1) is 14.3. The molecule has 0 spiro atoms. The molecule has 0 N–H and O–H groups in total. The molecule has 1 aliphatic carbocycles. The van der Waals surface area contributed by atoms with Crippen LogP contribution in [0.2, 0.25) is 0 Å². The normalized spacial score (nSPS) is 13.1. The molecular formula is C17H14BrFO2. The van der Waals surface area contributed by atoms with Gasteiger partial charge in [-0.25, -0.2) is 4.39 Å². The molecule has 0 aliphatic heterocycles. The number of aryl methyl sites for hydroxylation is 2. The molecule has 2 aromatic rings. The summed E-state index contributed by atoms with van der Waals surface area (Å²) in [6.45, 7) is 0. The third-order valence-corrected chi connectivity index (χ3v) is 4.46. The lowest BCUT2D eigenvalue weighted by molar-refractivity contribution is 0.103. The molecule has 0 amide bonds. The molecule has 0 heterocycles. The number of rotatable bonds is 3. The van der Waals surface area contributed by atoms with E-state index in [0.717, 1.165) is 19.3 Å². The first-order chi connectivity index (χ1) is 10.1. The highest BCUT2D eigenvalue weighted by Gasteiger charge is 2.19. The minimum absolute atomic E-state index is 0.151. The van der Waals surface area contributed by atoms with Crippen molar-refractivity contribution in [1.82, 2.24) is 0 Å². The van der Waals surface area contributed by atoms with Crippen LogP contribution in [0.4, 0.5) is 4.39 Å². The smallest absolute Gasteiger partial charge is 0.196 e. The number of ketones is 1. The number of carbonyl (C=O) groups excluding carboxylic acids is 1. The van der Waals surface area contributed by atoms with Gasteiger partial charge in [0, 0.05) is 11.6 Å². The predicted octanol–water partition coefficient (Wildman–Crippen LogP) is 4.32. The fourth-order valence-electron chi connectivity index (χ4n) is 2.74. The van der Waals surface area contributed by atoms with E-state index in [-0.39, 0.29) is 16.0 Å². The lowest BCUT2D eigenvalue weighted by Crippen LogP contribution is -2.05. The number of fused-ring (bicyclic) bond motifs is 1. The van der Waals surface area contributed by atoms with Gasteiger partial charge >= 0.3 is 0 Å². The SMILES string of the molecule is COc1cc(F)c(Br)cc1C(=O)c1ccc2c(c1)CCC2. The van der Waals surface area contributed by atoms with Gasteiger partial charge in [-0.05, 0) is 58.5 Å². The molecule has 0 fully saturated rings.